The number of aromatic nitrogens is 2. The van der Waals surface area contributed by atoms with Crippen molar-refractivity contribution in [3.8, 4) is 0 Å². The van der Waals surface area contributed by atoms with Gasteiger partial charge in [-0.2, -0.15) is 0 Å². The predicted octanol–water partition coefficient (Wildman–Crippen LogP) is 2.04. The summed E-state index contributed by atoms with van der Waals surface area (Å²) in [7, 11) is 2.20. The highest BCUT2D eigenvalue weighted by molar-refractivity contribution is 5.80. The third-order valence-electron chi connectivity index (χ3n) is 3.93. The summed E-state index contributed by atoms with van der Waals surface area (Å²) in [6.07, 6.45) is 3.90. The zero-order valence-corrected chi connectivity index (χ0v) is 11.3. The fourth-order valence-corrected chi connectivity index (χ4v) is 2.73. The second-order valence-corrected chi connectivity index (χ2v) is 5.37. The summed E-state index contributed by atoms with van der Waals surface area (Å²) < 4.78 is 0. The molecule has 0 saturated carbocycles. The number of H-pyrrole nitrogens is 1. The summed E-state index contributed by atoms with van der Waals surface area (Å²) in [5.74, 6) is 0.833. The normalized spacial score (nSPS) is 20.8. The summed E-state index contributed by atoms with van der Waals surface area (Å²) in [5, 5.41) is 3.40. The van der Waals surface area contributed by atoms with Gasteiger partial charge in [0.2, 0.25) is 5.95 Å². The third-order valence-corrected chi connectivity index (χ3v) is 3.93. The quantitative estimate of drug-likeness (QED) is 0.738. The molecule has 3 rings (SSSR count). The highest BCUT2D eigenvalue weighted by Gasteiger charge is 2.18. The number of nitrogens with one attached hydrogen (secondary N) is 2. The lowest BCUT2D eigenvalue weighted by Gasteiger charge is -2.32. The fraction of sp³-hybridized carbons (Fsp3) is 0.500. The molecule has 1 aliphatic heterocycles. The summed E-state index contributed by atoms with van der Waals surface area (Å²) >= 11 is 0. The van der Waals surface area contributed by atoms with Gasteiger partial charge in [0.25, 0.3) is 0 Å². The molecule has 1 atom stereocenters. The molecule has 5 heteroatoms. The molecule has 0 amide bonds. The summed E-state index contributed by atoms with van der Waals surface area (Å²) in [5.41, 5.74) is 8.46. The summed E-state index contributed by atoms with van der Waals surface area (Å²) in [6, 6.07) is 6.34. The number of fused-ring (bicyclic) bond motifs is 1. The van der Waals surface area contributed by atoms with Crippen molar-refractivity contribution >= 4 is 22.7 Å². The highest BCUT2D eigenvalue weighted by Crippen LogP contribution is 2.18. The number of nitrogens with zero attached hydrogens (tertiary/aromatic N) is 2. The van der Waals surface area contributed by atoms with Gasteiger partial charge in [0, 0.05) is 18.3 Å². The van der Waals surface area contributed by atoms with Gasteiger partial charge in [-0.05, 0) is 44.6 Å². The standard InChI is InChI=1S/C14H21N5/c1-19-7-3-2-4-11(19)9-16-14-17-12-6-5-10(15)8-13(12)18-14/h5-6,8,11H,2-4,7,9,15H2,1H3,(H2,16,17,18). The van der Waals surface area contributed by atoms with Gasteiger partial charge in [0.15, 0.2) is 0 Å². The Hall–Kier alpha value is -1.75. The Morgan fingerprint density at radius 2 is 2.37 bits per heavy atom. The van der Waals surface area contributed by atoms with E-state index in [-0.39, 0.29) is 0 Å². The maximum absolute atomic E-state index is 5.77. The monoisotopic (exact) mass is 259 g/mol. The Balaban J connectivity index is 1.68. The SMILES string of the molecule is CN1CCCCC1CNc1nc2ccc(N)cc2[nH]1. The number of rotatable bonds is 3. The number of imidazole rings is 1. The molecule has 19 heavy (non-hydrogen) atoms. The van der Waals surface area contributed by atoms with Crippen LogP contribution in [0.1, 0.15) is 19.3 Å². The molecule has 0 spiro atoms. The van der Waals surface area contributed by atoms with E-state index in [4.69, 9.17) is 5.73 Å². The van der Waals surface area contributed by atoms with Crippen LogP contribution >= 0.6 is 0 Å². The first-order valence-electron chi connectivity index (χ1n) is 6.92. The van der Waals surface area contributed by atoms with Crippen LogP contribution in [0.15, 0.2) is 18.2 Å². The molecule has 2 aromatic rings. The number of nitrogens with two attached hydrogens (primary N) is 1. The van der Waals surface area contributed by atoms with Crippen LogP contribution in [0.3, 0.4) is 0 Å². The maximum atomic E-state index is 5.77. The molecule has 0 radical (unpaired) electrons. The van der Waals surface area contributed by atoms with Crippen molar-refractivity contribution in [3.05, 3.63) is 18.2 Å². The van der Waals surface area contributed by atoms with Crippen molar-refractivity contribution in [2.45, 2.75) is 25.3 Å². The van der Waals surface area contributed by atoms with Gasteiger partial charge < -0.3 is 20.9 Å². The molecule has 1 aromatic carbocycles. The van der Waals surface area contributed by atoms with E-state index < -0.39 is 0 Å². The van der Waals surface area contributed by atoms with Crippen molar-refractivity contribution in [2.75, 3.05) is 31.2 Å². The van der Waals surface area contributed by atoms with Crippen molar-refractivity contribution in [3.63, 3.8) is 0 Å². The smallest absolute Gasteiger partial charge is 0.201 e. The second-order valence-electron chi connectivity index (χ2n) is 5.37. The maximum Gasteiger partial charge on any atom is 0.201 e. The lowest BCUT2D eigenvalue weighted by atomic mass is 10.0. The molecular weight excluding hydrogens is 238 g/mol. The number of hydrogen-bond acceptors (Lipinski definition) is 4. The Bertz CT molecular complexity index is 562. The molecule has 102 valence electrons. The lowest BCUT2D eigenvalue weighted by Crippen LogP contribution is -2.40. The minimum absolute atomic E-state index is 0.604. The van der Waals surface area contributed by atoms with E-state index in [2.05, 4.69) is 27.2 Å². The van der Waals surface area contributed by atoms with E-state index in [0.29, 0.717) is 6.04 Å². The fourth-order valence-electron chi connectivity index (χ4n) is 2.73. The number of likely N-dealkylation sites (N-methyl/N-ethyl adjacent to an activating group) is 1. The predicted molar refractivity (Wildman–Crippen MR) is 79.3 cm³/mol. The largest absolute Gasteiger partial charge is 0.399 e. The minimum Gasteiger partial charge on any atom is -0.399 e. The number of aromatic amines is 1. The Kier molecular flexibility index (Phi) is 3.29. The Morgan fingerprint density at radius 1 is 1.47 bits per heavy atom. The van der Waals surface area contributed by atoms with Crippen molar-refractivity contribution in [1.29, 1.82) is 0 Å². The lowest BCUT2D eigenvalue weighted by molar-refractivity contribution is 0.194. The van der Waals surface area contributed by atoms with Gasteiger partial charge in [-0.15, -0.1) is 0 Å². The number of likely N-dealkylation sites (tertiary alicyclic amines) is 1. The topological polar surface area (TPSA) is 70.0 Å². The first-order valence-corrected chi connectivity index (χ1v) is 6.92. The van der Waals surface area contributed by atoms with Gasteiger partial charge >= 0.3 is 0 Å². The average molecular weight is 259 g/mol. The van der Waals surface area contributed by atoms with E-state index in [1.807, 2.05) is 18.2 Å². The van der Waals surface area contributed by atoms with Crippen LogP contribution in [0.25, 0.3) is 11.0 Å². The van der Waals surface area contributed by atoms with Crippen molar-refractivity contribution in [1.82, 2.24) is 14.9 Å². The molecule has 1 fully saturated rings. The van der Waals surface area contributed by atoms with Gasteiger partial charge in [-0.3, -0.25) is 0 Å². The van der Waals surface area contributed by atoms with Crippen LogP contribution in [0.4, 0.5) is 11.6 Å². The summed E-state index contributed by atoms with van der Waals surface area (Å²) in [6.45, 7) is 2.13. The zero-order chi connectivity index (χ0) is 13.2. The highest BCUT2D eigenvalue weighted by atomic mass is 15.2. The number of benzene rings is 1. The number of anilines is 2. The van der Waals surface area contributed by atoms with E-state index >= 15 is 0 Å². The van der Waals surface area contributed by atoms with Gasteiger partial charge in [0.05, 0.1) is 11.0 Å². The first kappa shape index (κ1) is 12.3. The van der Waals surface area contributed by atoms with Crippen molar-refractivity contribution < 1.29 is 0 Å². The average Bonchev–Trinajstić information content (AvgIpc) is 2.79. The third kappa shape index (κ3) is 2.66. The molecule has 1 aromatic heterocycles. The zero-order valence-electron chi connectivity index (χ0n) is 11.3. The second kappa shape index (κ2) is 5.09. The van der Waals surface area contributed by atoms with E-state index in [0.717, 1.165) is 29.2 Å². The number of piperidine rings is 1. The van der Waals surface area contributed by atoms with E-state index in [9.17, 15) is 0 Å². The molecule has 2 heterocycles. The summed E-state index contributed by atoms with van der Waals surface area (Å²) in [4.78, 5) is 10.2. The Morgan fingerprint density at radius 3 is 3.21 bits per heavy atom. The molecule has 1 aliphatic rings. The molecule has 0 bridgehead atoms. The van der Waals surface area contributed by atoms with E-state index in [1.165, 1.54) is 25.8 Å². The van der Waals surface area contributed by atoms with Crippen LogP contribution in [0.2, 0.25) is 0 Å². The molecule has 0 aliphatic carbocycles. The number of hydrogen-bond donors (Lipinski definition) is 3. The van der Waals surface area contributed by atoms with Crippen LogP contribution < -0.4 is 11.1 Å². The molecule has 5 nitrogen and oxygen atoms in total. The minimum atomic E-state index is 0.604. The van der Waals surface area contributed by atoms with Crippen LogP contribution in [-0.4, -0.2) is 41.0 Å². The molecule has 4 N–H and O–H groups in total. The first-order chi connectivity index (χ1) is 9.22. The van der Waals surface area contributed by atoms with Crippen LogP contribution in [0.5, 0.6) is 0 Å². The van der Waals surface area contributed by atoms with Crippen LogP contribution in [-0.2, 0) is 0 Å². The van der Waals surface area contributed by atoms with Gasteiger partial charge in [-0.25, -0.2) is 4.98 Å². The van der Waals surface area contributed by atoms with E-state index in [1.54, 1.807) is 0 Å². The Labute approximate surface area is 113 Å². The molecule has 1 unspecified atom stereocenters. The molecular formula is C14H21N5. The number of nitrogen functional groups attached to an aromatic ring is 1. The van der Waals surface area contributed by atoms with Crippen molar-refractivity contribution in [2.24, 2.45) is 0 Å². The van der Waals surface area contributed by atoms with Crippen LogP contribution in [0, 0.1) is 0 Å². The molecule has 1 saturated heterocycles. The van der Waals surface area contributed by atoms with Gasteiger partial charge in [-0.1, -0.05) is 6.42 Å². The van der Waals surface area contributed by atoms with Gasteiger partial charge in [0.1, 0.15) is 0 Å².